The summed E-state index contributed by atoms with van der Waals surface area (Å²) >= 11 is 0. The van der Waals surface area contributed by atoms with Crippen LogP contribution >= 0.6 is 0 Å². The van der Waals surface area contributed by atoms with E-state index >= 15 is 0 Å². The van der Waals surface area contributed by atoms with Crippen molar-refractivity contribution in [1.29, 1.82) is 0 Å². The summed E-state index contributed by atoms with van der Waals surface area (Å²) in [6.07, 6.45) is 3.60. The molecule has 0 rings (SSSR count). The van der Waals surface area contributed by atoms with E-state index in [0.717, 1.165) is 25.8 Å². The lowest BCUT2D eigenvalue weighted by Crippen LogP contribution is -2.28. The number of carbonyl (C=O) groups is 1. The average molecular weight is 201 g/mol. The Bertz CT molecular complexity index is 148. The molecule has 1 N–H and O–H groups in total. The third kappa shape index (κ3) is 8.05. The largest absolute Gasteiger partial charge is 0.466 e. The number of unbranched alkanes of at least 4 members (excludes halogenated alkanes) is 1. The van der Waals surface area contributed by atoms with Crippen molar-refractivity contribution in [1.82, 2.24) is 5.32 Å². The molecular weight excluding hydrogens is 178 g/mol. The Morgan fingerprint density at radius 1 is 1.43 bits per heavy atom. The standard InChI is InChI=1S/C11H23NO2/c1-4-6-9-14-11(13)7-8-12-10(3)5-2/h10,12H,4-9H2,1-3H3. The molecule has 14 heavy (non-hydrogen) atoms. The molecule has 84 valence electrons. The minimum atomic E-state index is -0.0887. The van der Waals surface area contributed by atoms with Crippen LogP contribution in [0.2, 0.25) is 0 Å². The van der Waals surface area contributed by atoms with E-state index in [2.05, 4.69) is 26.1 Å². The fourth-order valence-electron chi connectivity index (χ4n) is 0.967. The maximum absolute atomic E-state index is 11.1. The summed E-state index contributed by atoms with van der Waals surface area (Å²) in [5.41, 5.74) is 0. The Labute approximate surface area is 87.2 Å². The van der Waals surface area contributed by atoms with Gasteiger partial charge in [0.05, 0.1) is 13.0 Å². The van der Waals surface area contributed by atoms with Gasteiger partial charge in [-0.1, -0.05) is 20.3 Å². The van der Waals surface area contributed by atoms with Gasteiger partial charge in [0.15, 0.2) is 0 Å². The van der Waals surface area contributed by atoms with Gasteiger partial charge >= 0.3 is 5.97 Å². The molecule has 0 spiro atoms. The molecule has 1 atom stereocenters. The first kappa shape index (κ1) is 13.4. The monoisotopic (exact) mass is 201 g/mol. The second-order valence-electron chi connectivity index (χ2n) is 3.59. The Morgan fingerprint density at radius 2 is 2.14 bits per heavy atom. The van der Waals surface area contributed by atoms with Crippen LogP contribution in [0.25, 0.3) is 0 Å². The van der Waals surface area contributed by atoms with Gasteiger partial charge < -0.3 is 10.1 Å². The maximum atomic E-state index is 11.1. The van der Waals surface area contributed by atoms with Crippen LogP contribution in [0.4, 0.5) is 0 Å². The number of carbonyl (C=O) groups excluding carboxylic acids is 1. The fourth-order valence-corrected chi connectivity index (χ4v) is 0.967. The number of rotatable bonds is 8. The molecule has 0 heterocycles. The van der Waals surface area contributed by atoms with Crippen LogP contribution in [0, 0.1) is 0 Å². The first-order valence-corrected chi connectivity index (χ1v) is 5.59. The molecule has 3 heteroatoms. The third-order valence-electron chi connectivity index (χ3n) is 2.20. The predicted octanol–water partition coefficient (Wildman–Crippen LogP) is 2.11. The number of ether oxygens (including phenoxy) is 1. The molecule has 0 radical (unpaired) electrons. The zero-order valence-electron chi connectivity index (χ0n) is 9.64. The predicted molar refractivity (Wildman–Crippen MR) is 58.2 cm³/mol. The highest BCUT2D eigenvalue weighted by molar-refractivity contribution is 5.69. The zero-order chi connectivity index (χ0) is 10.8. The second-order valence-corrected chi connectivity index (χ2v) is 3.59. The van der Waals surface area contributed by atoms with Gasteiger partial charge in [-0.2, -0.15) is 0 Å². The van der Waals surface area contributed by atoms with Gasteiger partial charge in [0.1, 0.15) is 0 Å². The zero-order valence-corrected chi connectivity index (χ0v) is 9.64. The van der Waals surface area contributed by atoms with Crippen molar-refractivity contribution in [3.8, 4) is 0 Å². The molecule has 0 aliphatic carbocycles. The van der Waals surface area contributed by atoms with Crippen LogP contribution in [-0.2, 0) is 9.53 Å². The summed E-state index contributed by atoms with van der Waals surface area (Å²) < 4.78 is 5.02. The molecule has 0 aliphatic heterocycles. The molecular formula is C11H23NO2. The molecule has 0 aromatic carbocycles. The van der Waals surface area contributed by atoms with Crippen LogP contribution in [0.15, 0.2) is 0 Å². The lowest BCUT2D eigenvalue weighted by molar-refractivity contribution is -0.143. The summed E-state index contributed by atoms with van der Waals surface area (Å²) in [6, 6.07) is 0.485. The lowest BCUT2D eigenvalue weighted by Gasteiger charge is -2.10. The number of nitrogens with one attached hydrogen (secondary N) is 1. The Kier molecular flexibility index (Phi) is 8.64. The highest BCUT2D eigenvalue weighted by Crippen LogP contribution is 1.92. The summed E-state index contributed by atoms with van der Waals surface area (Å²) in [6.45, 7) is 7.61. The quantitative estimate of drug-likeness (QED) is 0.483. The lowest BCUT2D eigenvalue weighted by atomic mass is 10.2. The van der Waals surface area contributed by atoms with Gasteiger partial charge in [-0.25, -0.2) is 0 Å². The van der Waals surface area contributed by atoms with E-state index in [4.69, 9.17) is 4.74 Å². The molecule has 3 nitrogen and oxygen atoms in total. The highest BCUT2D eigenvalue weighted by atomic mass is 16.5. The Morgan fingerprint density at radius 3 is 2.71 bits per heavy atom. The van der Waals surface area contributed by atoms with Crippen LogP contribution < -0.4 is 5.32 Å². The van der Waals surface area contributed by atoms with E-state index in [0.29, 0.717) is 19.1 Å². The molecule has 0 aliphatic rings. The van der Waals surface area contributed by atoms with Crippen molar-refractivity contribution >= 4 is 5.97 Å². The first-order chi connectivity index (χ1) is 6.70. The molecule has 0 aromatic heterocycles. The van der Waals surface area contributed by atoms with Crippen LogP contribution in [0.5, 0.6) is 0 Å². The maximum Gasteiger partial charge on any atom is 0.307 e. The second kappa shape index (κ2) is 9.00. The van der Waals surface area contributed by atoms with Crippen LogP contribution in [-0.4, -0.2) is 25.2 Å². The number of hydrogen-bond acceptors (Lipinski definition) is 3. The normalized spacial score (nSPS) is 12.5. The van der Waals surface area contributed by atoms with Gasteiger partial charge in [0, 0.05) is 12.6 Å². The highest BCUT2D eigenvalue weighted by Gasteiger charge is 2.03. The van der Waals surface area contributed by atoms with Crippen molar-refractivity contribution in [2.45, 2.75) is 52.5 Å². The minimum absolute atomic E-state index is 0.0887. The first-order valence-electron chi connectivity index (χ1n) is 5.59. The molecule has 1 unspecified atom stereocenters. The van der Waals surface area contributed by atoms with Crippen LogP contribution in [0.1, 0.15) is 46.5 Å². The number of hydrogen-bond donors (Lipinski definition) is 1. The number of esters is 1. The van der Waals surface area contributed by atoms with E-state index in [1.807, 2.05) is 0 Å². The fraction of sp³-hybridized carbons (Fsp3) is 0.909. The van der Waals surface area contributed by atoms with Gasteiger partial charge in [-0.05, 0) is 19.8 Å². The van der Waals surface area contributed by atoms with E-state index in [-0.39, 0.29) is 5.97 Å². The average Bonchev–Trinajstić information content (AvgIpc) is 2.18. The van der Waals surface area contributed by atoms with Gasteiger partial charge in [0.25, 0.3) is 0 Å². The van der Waals surface area contributed by atoms with Gasteiger partial charge in [-0.3, -0.25) is 4.79 Å². The van der Waals surface area contributed by atoms with Crippen molar-refractivity contribution < 1.29 is 9.53 Å². The molecule has 0 saturated heterocycles. The molecule has 0 fully saturated rings. The van der Waals surface area contributed by atoms with Crippen molar-refractivity contribution in [3.63, 3.8) is 0 Å². The van der Waals surface area contributed by atoms with E-state index in [9.17, 15) is 4.79 Å². The van der Waals surface area contributed by atoms with E-state index in [1.165, 1.54) is 0 Å². The Balaban J connectivity index is 3.26. The van der Waals surface area contributed by atoms with Crippen molar-refractivity contribution in [2.75, 3.05) is 13.2 Å². The minimum Gasteiger partial charge on any atom is -0.466 e. The SMILES string of the molecule is CCCCOC(=O)CCNC(C)CC. The molecule has 0 amide bonds. The summed E-state index contributed by atoms with van der Waals surface area (Å²) in [7, 11) is 0. The molecule has 0 saturated carbocycles. The molecule has 0 aromatic rings. The van der Waals surface area contributed by atoms with E-state index in [1.54, 1.807) is 0 Å². The summed E-state index contributed by atoms with van der Waals surface area (Å²) in [4.78, 5) is 11.1. The van der Waals surface area contributed by atoms with Crippen molar-refractivity contribution in [2.24, 2.45) is 0 Å². The Hall–Kier alpha value is -0.570. The summed E-state index contributed by atoms with van der Waals surface area (Å²) in [5, 5.41) is 3.25. The topological polar surface area (TPSA) is 38.3 Å². The third-order valence-corrected chi connectivity index (χ3v) is 2.20. The van der Waals surface area contributed by atoms with Crippen molar-refractivity contribution in [3.05, 3.63) is 0 Å². The summed E-state index contributed by atoms with van der Waals surface area (Å²) in [5.74, 6) is -0.0887. The molecule has 0 bridgehead atoms. The van der Waals surface area contributed by atoms with Gasteiger partial charge in [-0.15, -0.1) is 0 Å². The van der Waals surface area contributed by atoms with E-state index < -0.39 is 0 Å². The smallest absolute Gasteiger partial charge is 0.307 e. The van der Waals surface area contributed by atoms with Crippen LogP contribution in [0.3, 0.4) is 0 Å². The van der Waals surface area contributed by atoms with Gasteiger partial charge in [0.2, 0.25) is 0 Å².